The maximum atomic E-state index is 13.0. The van der Waals surface area contributed by atoms with E-state index in [9.17, 15) is 4.79 Å². The predicted molar refractivity (Wildman–Crippen MR) is 82.5 cm³/mol. The lowest BCUT2D eigenvalue weighted by Crippen LogP contribution is -2.32. The van der Waals surface area contributed by atoms with E-state index in [0.717, 1.165) is 25.1 Å². The summed E-state index contributed by atoms with van der Waals surface area (Å²) < 4.78 is 11.3. The van der Waals surface area contributed by atoms with Gasteiger partial charge >= 0.3 is 0 Å². The number of rotatable bonds is 2. The number of nitrogens with zero attached hydrogens (tertiary/aromatic N) is 3. The van der Waals surface area contributed by atoms with E-state index >= 15 is 0 Å². The fourth-order valence-electron chi connectivity index (χ4n) is 3.21. The topological polar surface area (TPSA) is 64.6 Å². The summed E-state index contributed by atoms with van der Waals surface area (Å²) in [7, 11) is 0. The molecule has 0 bridgehead atoms. The van der Waals surface area contributed by atoms with Crippen LogP contribution in [0.15, 0.2) is 36.8 Å². The first kappa shape index (κ1) is 14.0. The summed E-state index contributed by atoms with van der Waals surface area (Å²) in [6.45, 7) is 1.70. The molecule has 118 valence electrons. The Morgan fingerprint density at radius 1 is 1.22 bits per heavy atom. The molecule has 0 spiro atoms. The average Bonchev–Trinajstić information content (AvgIpc) is 3.11. The molecule has 2 aromatic rings. The molecule has 1 unspecified atom stereocenters. The third-order valence-corrected chi connectivity index (χ3v) is 4.26. The summed E-state index contributed by atoms with van der Waals surface area (Å²) in [5, 5.41) is 0. The molecule has 1 saturated heterocycles. The molecular formula is C17H17N3O3. The van der Waals surface area contributed by atoms with Crippen LogP contribution < -0.4 is 9.47 Å². The second-order valence-corrected chi connectivity index (χ2v) is 5.62. The van der Waals surface area contributed by atoms with E-state index in [1.807, 2.05) is 23.1 Å². The number of para-hydroxylation sites is 1. The molecule has 1 amide bonds. The maximum absolute atomic E-state index is 13.0. The molecule has 0 N–H and O–H groups in total. The van der Waals surface area contributed by atoms with E-state index in [0.29, 0.717) is 30.3 Å². The summed E-state index contributed by atoms with van der Waals surface area (Å²) in [5.74, 6) is 1.16. The minimum absolute atomic E-state index is 0.00846. The van der Waals surface area contributed by atoms with Crippen molar-refractivity contribution >= 4 is 5.91 Å². The summed E-state index contributed by atoms with van der Waals surface area (Å²) in [4.78, 5) is 23.2. The standard InChI is InChI=1S/C17H17N3O3/c21-17(12-3-1-5-15-16(12)23-10-9-22-15)20-8-2-4-14(20)13-6-7-18-11-19-13/h1,3,5-7,11,14H,2,4,8-10H2. The zero-order valence-corrected chi connectivity index (χ0v) is 12.6. The van der Waals surface area contributed by atoms with Crippen LogP contribution >= 0.6 is 0 Å². The Balaban J connectivity index is 1.66. The smallest absolute Gasteiger partial charge is 0.258 e. The first-order chi connectivity index (χ1) is 11.3. The number of carbonyl (C=O) groups excluding carboxylic acids is 1. The summed E-state index contributed by atoms with van der Waals surface area (Å²) in [6.07, 6.45) is 5.12. The third-order valence-electron chi connectivity index (χ3n) is 4.26. The van der Waals surface area contributed by atoms with Crippen molar-refractivity contribution < 1.29 is 14.3 Å². The molecule has 0 aliphatic carbocycles. The van der Waals surface area contributed by atoms with Crippen molar-refractivity contribution in [2.24, 2.45) is 0 Å². The molecule has 1 fully saturated rings. The van der Waals surface area contributed by atoms with Crippen LogP contribution in [0.2, 0.25) is 0 Å². The SMILES string of the molecule is O=C(c1cccc2c1OCCO2)N1CCCC1c1ccncn1. The highest BCUT2D eigenvalue weighted by Crippen LogP contribution is 2.37. The van der Waals surface area contributed by atoms with E-state index in [1.165, 1.54) is 6.33 Å². The van der Waals surface area contributed by atoms with Gasteiger partial charge in [0.1, 0.15) is 19.5 Å². The van der Waals surface area contributed by atoms with Gasteiger partial charge in [0.05, 0.1) is 17.3 Å². The van der Waals surface area contributed by atoms with Crippen molar-refractivity contribution in [3.8, 4) is 11.5 Å². The van der Waals surface area contributed by atoms with Crippen LogP contribution in [0.5, 0.6) is 11.5 Å². The van der Waals surface area contributed by atoms with E-state index in [-0.39, 0.29) is 11.9 Å². The van der Waals surface area contributed by atoms with Gasteiger partial charge in [-0.1, -0.05) is 6.07 Å². The molecule has 1 atom stereocenters. The van der Waals surface area contributed by atoms with Gasteiger partial charge in [-0.2, -0.15) is 0 Å². The Morgan fingerprint density at radius 2 is 2.13 bits per heavy atom. The van der Waals surface area contributed by atoms with E-state index in [4.69, 9.17) is 9.47 Å². The van der Waals surface area contributed by atoms with Gasteiger partial charge in [0.15, 0.2) is 11.5 Å². The zero-order valence-electron chi connectivity index (χ0n) is 12.6. The summed E-state index contributed by atoms with van der Waals surface area (Å²) in [5.41, 5.74) is 1.44. The Kier molecular flexibility index (Phi) is 3.57. The van der Waals surface area contributed by atoms with Crippen molar-refractivity contribution in [3.05, 3.63) is 48.0 Å². The number of benzene rings is 1. The molecule has 3 heterocycles. The molecule has 4 rings (SSSR count). The quantitative estimate of drug-likeness (QED) is 0.851. The monoisotopic (exact) mass is 311 g/mol. The summed E-state index contributed by atoms with van der Waals surface area (Å²) in [6, 6.07) is 7.32. The lowest BCUT2D eigenvalue weighted by atomic mass is 10.1. The van der Waals surface area contributed by atoms with Crippen molar-refractivity contribution in [3.63, 3.8) is 0 Å². The number of ether oxygens (including phenoxy) is 2. The number of fused-ring (bicyclic) bond motifs is 1. The van der Waals surface area contributed by atoms with Crippen LogP contribution in [0.4, 0.5) is 0 Å². The number of amides is 1. The van der Waals surface area contributed by atoms with E-state index in [2.05, 4.69) is 9.97 Å². The minimum atomic E-state index is -0.0338. The van der Waals surface area contributed by atoms with Gasteiger partial charge in [0, 0.05) is 12.7 Å². The molecule has 1 aromatic carbocycles. The first-order valence-electron chi connectivity index (χ1n) is 7.80. The minimum Gasteiger partial charge on any atom is -0.486 e. The van der Waals surface area contributed by atoms with Crippen LogP contribution in [0.3, 0.4) is 0 Å². The second-order valence-electron chi connectivity index (χ2n) is 5.62. The van der Waals surface area contributed by atoms with Gasteiger partial charge in [-0.3, -0.25) is 4.79 Å². The van der Waals surface area contributed by atoms with Crippen molar-refractivity contribution in [2.45, 2.75) is 18.9 Å². The first-order valence-corrected chi connectivity index (χ1v) is 7.80. The van der Waals surface area contributed by atoms with Gasteiger partial charge in [0.25, 0.3) is 5.91 Å². The molecule has 23 heavy (non-hydrogen) atoms. The maximum Gasteiger partial charge on any atom is 0.258 e. The van der Waals surface area contributed by atoms with Crippen LogP contribution in [0.25, 0.3) is 0 Å². The van der Waals surface area contributed by atoms with Crippen LogP contribution in [0.1, 0.15) is 34.9 Å². The number of hydrogen-bond acceptors (Lipinski definition) is 5. The van der Waals surface area contributed by atoms with Crippen LogP contribution in [-0.4, -0.2) is 40.5 Å². The van der Waals surface area contributed by atoms with E-state index < -0.39 is 0 Å². The van der Waals surface area contributed by atoms with E-state index in [1.54, 1.807) is 12.3 Å². The molecule has 6 nitrogen and oxygen atoms in total. The van der Waals surface area contributed by atoms with Gasteiger partial charge < -0.3 is 14.4 Å². The van der Waals surface area contributed by atoms with Gasteiger partial charge in [-0.15, -0.1) is 0 Å². The second kappa shape index (κ2) is 5.87. The van der Waals surface area contributed by atoms with Gasteiger partial charge in [-0.25, -0.2) is 9.97 Å². The molecule has 1 aromatic heterocycles. The molecule has 6 heteroatoms. The Morgan fingerprint density at radius 3 is 3.00 bits per heavy atom. The van der Waals surface area contributed by atoms with Crippen molar-refractivity contribution in [1.29, 1.82) is 0 Å². The molecular weight excluding hydrogens is 294 g/mol. The third kappa shape index (κ3) is 2.50. The number of carbonyl (C=O) groups is 1. The fraction of sp³-hybridized carbons (Fsp3) is 0.353. The highest BCUT2D eigenvalue weighted by atomic mass is 16.6. The Bertz CT molecular complexity index is 720. The van der Waals surface area contributed by atoms with Crippen LogP contribution in [0, 0.1) is 0 Å². The lowest BCUT2D eigenvalue weighted by Gasteiger charge is -2.26. The van der Waals surface area contributed by atoms with Crippen molar-refractivity contribution in [2.75, 3.05) is 19.8 Å². The molecule has 0 radical (unpaired) electrons. The van der Waals surface area contributed by atoms with Gasteiger partial charge in [0.2, 0.25) is 0 Å². The average molecular weight is 311 g/mol. The fourth-order valence-corrected chi connectivity index (χ4v) is 3.21. The highest BCUT2D eigenvalue weighted by Gasteiger charge is 2.33. The zero-order chi connectivity index (χ0) is 15.6. The lowest BCUT2D eigenvalue weighted by molar-refractivity contribution is 0.0722. The largest absolute Gasteiger partial charge is 0.486 e. The van der Waals surface area contributed by atoms with Crippen molar-refractivity contribution in [1.82, 2.24) is 14.9 Å². The highest BCUT2D eigenvalue weighted by molar-refractivity contribution is 5.98. The molecule has 0 saturated carbocycles. The number of hydrogen-bond donors (Lipinski definition) is 0. The Labute approximate surface area is 134 Å². The molecule has 2 aliphatic heterocycles. The number of aromatic nitrogens is 2. The molecule has 2 aliphatic rings. The summed E-state index contributed by atoms with van der Waals surface area (Å²) >= 11 is 0. The van der Waals surface area contributed by atoms with Crippen LogP contribution in [-0.2, 0) is 0 Å². The Hall–Kier alpha value is -2.63. The normalized spacial score (nSPS) is 19.7. The number of likely N-dealkylation sites (tertiary alicyclic amines) is 1. The predicted octanol–water partition coefficient (Wildman–Crippen LogP) is 2.23. The van der Waals surface area contributed by atoms with Gasteiger partial charge in [-0.05, 0) is 31.0 Å².